The van der Waals surface area contributed by atoms with Gasteiger partial charge in [-0.25, -0.2) is 0 Å². The van der Waals surface area contributed by atoms with E-state index < -0.39 is 0 Å². The van der Waals surface area contributed by atoms with Crippen molar-refractivity contribution in [2.45, 2.75) is 20.3 Å². The van der Waals surface area contributed by atoms with E-state index in [4.69, 9.17) is 10.2 Å². The summed E-state index contributed by atoms with van der Waals surface area (Å²) in [6.07, 6.45) is 1.25. The number of aliphatic hydroxyl groups excluding tert-OH is 2. The fourth-order valence-electron chi connectivity index (χ4n) is 2.27. The Morgan fingerprint density at radius 3 is 0.630 bits per heavy atom. The SMILES string of the molecule is CCC.CO.CO.c1ccc2ccccc2c1.c1ccc2ccccc2c1. The second-order valence-electron chi connectivity index (χ2n) is 5.40. The first-order valence-electron chi connectivity index (χ1n) is 9.12. The lowest BCUT2D eigenvalue weighted by atomic mass is 10.1. The third kappa shape index (κ3) is 9.55. The topological polar surface area (TPSA) is 40.5 Å². The summed E-state index contributed by atoms with van der Waals surface area (Å²) in [4.78, 5) is 0. The summed E-state index contributed by atoms with van der Waals surface area (Å²) >= 11 is 0. The minimum atomic E-state index is 1.00. The fraction of sp³-hybridized carbons (Fsp3) is 0.200. The van der Waals surface area contributed by atoms with Crippen molar-refractivity contribution in [1.29, 1.82) is 0 Å². The molecule has 0 saturated heterocycles. The van der Waals surface area contributed by atoms with Crippen LogP contribution in [0.15, 0.2) is 97.1 Å². The van der Waals surface area contributed by atoms with E-state index in [0.29, 0.717) is 0 Å². The molecule has 0 fully saturated rings. The van der Waals surface area contributed by atoms with Crippen molar-refractivity contribution in [1.82, 2.24) is 0 Å². The predicted molar refractivity (Wildman–Crippen MR) is 120 cm³/mol. The summed E-state index contributed by atoms with van der Waals surface area (Å²) in [6, 6.07) is 33.4. The zero-order chi connectivity index (χ0) is 20.3. The van der Waals surface area contributed by atoms with Crippen LogP contribution in [0.5, 0.6) is 0 Å². The Labute approximate surface area is 163 Å². The Morgan fingerprint density at radius 2 is 0.519 bits per heavy atom. The predicted octanol–water partition coefficient (Wildman–Crippen LogP) is 6.31. The fourth-order valence-corrected chi connectivity index (χ4v) is 2.27. The molecule has 2 nitrogen and oxygen atoms in total. The van der Waals surface area contributed by atoms with Crippen LogP contribution >= 0.6 is 0 Å². The number of benzene rings is 4. The van der Waals surface area contributed by atoms with Crippen LogP contribution in [0.3, 0.4) is 0 Å². The molecule has 2 N–H and O–H groups in total. The summed E-state index contributed by atoms with van der Waals surface area (Å²) in [5.41, 5.74) is 0. The van der Waals surface area contributed by atoms with E-state index >= 15 is 0 Å². The van der Waals surface area contributed by atoms with E-state index in [9.17, 15) is 0 Å². The maximum absolute atomic E-state index is 7.00. The van der Waals surface area contributed by atoms with Gasteiger partial charge in [0.25, 0.3) is 0 Å². The van der Waals surface area contributed by atoms with Gasteiger partial charge in [-0.15, -0.1) is 0 Å². The van der Waals surface area contributed by atoms with Crippen LogP contribution in [-0.4, -0.2) is 24.4 Å². The zero-order valence-electron chi connectivity index (χ0n) is 16.8. The van der Waals surface area contributed by atoms with E-state index in [1.165, 1.54) is 28.0 Å². The molecule has 0 bridgehead atoms. The molecule has 2 heteroatoms. The third-order valence-electron chi connectivity index (χ3n) is 3.32. The summed E-state index contributed by atoms with van der Waals surface area (Å²) in [6.45, 7) is 4.25. The lowest BCUT2D eigenvalue weighted by Crippen LogP contribution is -1.67. The lowest BCUT2D eigenvalue weighted by molar-refractivity contribution is 0.399. The van der Waals surface area contributed by atoms with E-state index in [2.05, 4.69) is 111 Å². The summed E-state index contributed by atoms with van der Waals surface area (Å²) < 4.78 is 0. The summed E-state index contributed by atoms with van der Waals surface area (Å²) in [5, 5.41) is 19.2. The molecule has 0 aliphatic rings. The largest absolute Gasteiger partial charge is 0.400 e. The van der Waals surface area contributed by atoms with Gasteiger partial charge in [-0.1, -0.05) is 117 Å². The van der Waals surface area contributed by atoms with Crippen LogP contribution in [0.2, 0.25) is 0 Å². The van der Waals surface area contributed by atoms with Crippen LogP contribution in [0.25, 0.3) is 21.5 Å². The maximum Gasteiger partial charge on any atom is 0.0319 e. The molecule has 4 aromatic carbocycles. The van der Waals surface area contributed by atoms with Gasteiger partial charge in [0.1, 0.15) is 0 Å². The molecule has 0 aromatic heterocycles. The van der Waals surface area contributed by atoms with Crippen molar-refractivity contribution in [2.75, 3.05) is 14.2 Å². The monoisotopic (exact) mass is 364 g/mol. The number of rotatable bonds is 0. The number of hydrogen-bond acceptors (Lipinski definition) is 2. The van der Waals surface area contributed by atoms with E-state index in [1.807, 2.05) is 0 Å². The highest BCUT2D eigenvalue weighted by atomic mass is 16.2. The highest BCUT2D eigenvalue weighted by molar-refractivity contribution is 5.82. The van der Waals surface area contributed by atoms with Crippen LogP contribution in [0.4, 0.5) is 0 Å². The molecule has 0 spiro atoms. The molecular formula is C25H32O2. The first-order valence-corrected chi connectivity index (χ1v) is 9.12. The molecule has 0 saturated carbocycles. The van der Waals surface area contributed by atoms with Crippen molar-refractivity contribution in [3.05, 3.63) is 97.1 Å². The van der Waals surface area contributed by atoms with Gasteiger partial charge >= 0.3 is 0 Å². The Balaban J connectivity index is 0.000000379. The second-order valence-corrected chi connectivity index (χ2v) is 5.40. The van der Waals surface area contributed by atoms with Gasteiger partial charge in [0.2, 0.25) is 0 Å². The van der Waals surface area contributed by atoms with Crippen LogP contribution in [-0.2, 0) is 0 Å². The highest BCUT2D eigenvalue weighted by Crippen LogP contribution is 2.11. The number of aliphatic hydroxyl groups is 2. The van der Waals surface area contributed by atoms with E-state index in [-0.39, 0.29) is 0 Å². The first-order chi connectivity index (χ1) is 13.3. The Kier molecular flexibility index (Phi) is 15.1. The summed E-state index contributed by atoms with van der Waals surface area (Å²) in [5.74, 6) is 0. The normalized spacial score (nSPS) is 8.52. The molecule has 4 rings (SSSR count). The molecule has 0 amide bonds. The molecule has 0 heterocycles. The average Bonchev–Trinajstić information content (AvgIpc) is 2.78. The molecule has 27 heavy (non-hydrogen) atoms. The zero-order valence-corrected chi connectivity index (χ0v) is 16.8. The number of fused-ring (bicyclic) bond motifs is 2. The van der Waals surface area contributed by atoms with Crippen molar-refractivity contribution >= 4 is 21.5 Å². The third-order valence-corrected chi connectivity index (χ3v) is 3.32. The van der Waals surface area contributed by atoms with Crippen LogP contribution in [0, 0.1) is 0 Å². The number of hydrogen-bond donors (Lipinski definition) is 2. The van der Waals surface area contributed by atoms with Crippen LogP contribution in [0.1, 0.15) is 20.3 Å². The molecule has 0 unspecified atom stereocenters. The van der Waals surface area contributed by atoms with Gasteiger partial charge in [0, 0.05) is 14.2 Å². The minimum absolute atomic E-state index is 1.00. The van der Waals surface area contributed by atoms with Gasteiger partial charge in [-0.3, -0.25) is 0 Å². The first kappa shape index (κ1) is 24.3. The lowest BCUT2D eigenvalue weighted by Gasteiger charge is -1.92. The van der Waals surface area contributed by atoms with Gasteiger partial charge in [0.05, 0.1) is 0 Å². The van der Waals surface area contributed by atoms with Crippen molar-refractivity contribution < 1.29 is 10.2 Å². The molecular weight excluding hydrogens is 332 g/mol. The standard InChI is InChI=1S/2C10H8.C3H8.2CH4O/c2*1-2-6-10-8-4-3-7-9(10)5-1;1-3-2;2*1-2/h2*1-8H;3H2,1-2H3;2*2H,1H3. The molecule has 0 atom stereocenters. The summed E-state index contributed by atoms with van der Waals surface area (Å²) in [7, 11) is 2.00. The second kappa shape index (κ2) is 16.8. The molecule has 0 radical (unpaired) electrons. The molecule has 4 aromatic rings. The minimum Gasteiger partial charge on any atom is -0.400 e. The van der Waals surface area contributed by atoms with Crippen LogP contribution < -0.4 is 0 Å². The molecule has 144 valence electrons. The van der Waals surface area contributed by atoms with Crippen molar-refractivity contribution in [3.8, 4) is 0 Å². The maximum atomic E-state index is 7.00. The van der Waals surface area contributed by atoms with Crippen molar-refractivity contribution in [2.24, 2.45) is 0 Å². The smallest absolute Gasteiger partial charge is 0.0319 e. The Hall–Kier alpha value is -2.68. The molecule has 0 aliphatic carbocycles. The van der Waals surface area contributed by atoms with Gasteiger partial charge < -0.3 is 10.2 Å². The Bertz CT molecular complexity index is 639. The van der Waals surface area contributed by atoms with E-state index in [1.54, 1.807) is 0 Å². The quantitative estimate of drug-likeness (QED) is 0.384. The average molecular weight is 365 g/mol. The Morgan fingerprint density at radius 1 is 0.407 bits per heavy atom. The van der Waals surface area contributed by atoms with Crippen molar-refractivity contribution in [3.63, 3.8) is 0 Å². The van der Waals surface area contributed by atoms with Gasteiger partial charge in [0.15, 0.2) is 0 Å². The van der Waals surface area contributed by atoms with Gasteiger partial charge in [-0.05, 0) is 21.5 Å². The highest BCUT2D eigenvalue weighted by Gasteiger charge is 1.86. The molecule has 0 aliphatic heterocycles. The van der Waals surface area contributed by atoms with Gasteiger partial charge in [-0.2, -0.15) is 0 Å². The van der Waals surface area contributed by atoms with E-state index in [0.717, 1.165) is 14.2 Å².